The standard InChI is InChI=1S/C32H38N4O3/c1-32(2,3)39-31(37)17-14-24-8-6-9-26(22-24)28-10-7-11-30-33-29(34-36(28)30)23-25-12-15-27(16-13-25)38-21-20-35-18-4-5-19-35/h6-13,15-16,22H,4-5,14,17-21,23H2,1-3H3. The average molecular weight is 527 g/mol. The van der Waals surface area contributed by atoms with Crippen molar-refractivity contribution in [1.29, 1.82) is 0 Å². The van der Waals surface area contributed by atoms with Crippen LogP contribution in [0.5, 0.6) is 5.75 Å². The molecule has 7 heteroatoms. The number of aryl methyl sites for hydroxylation is 1. The first-order chi connectivity index (χ1) is 18.8. The van der Waals surface area contributed by atoms with Gasteiger partial charge in [-0.2, -0.15) is 5.10 Å². The van der Waals surface area contributed by atoms with Crippen LogP contribution < -0.4 is 4.74 Å². The van der Waals surface area contributed by atoms with Crippen molar-refractivity contribution in [2.75, 3.05) is 26.2 Å². The number of hydrogen-bond donors (Lipinski definition) is 0. The molecule has 2 aromatic carbocycles. The Kier molecular flexibility index (Phi) is 8.27. The molecule has 0 atom stereocenters. The molecule has 1 saturated heterocycles. The minimum Gasteiger partial charge on any atom is -0.492 e. The van der Waals surface area contributed by atoms with Gasteiger partial charge < -0.3 is 9.47 Å². The number of ether oxygens (including phenoxy) is 2. The van der Waals surface area contributed by atoms with Gasteiger partial charge in [-0.1, -0.05) is 36.4 Å². The summed E-state index contributed by atoms with van der Waals surface area (Å²) in [5.74, 6) is 1.48. The number of hydrogen-bond acceptors (Lipinski definition) is 6. The number of nitrogens with zero attached hydrogens (tertiary/aromatic N) is 4. The molecule has 0 saturated carbocycles. The Balaban J connectivity index is 1.23. The third kappa shape index (κ3) is 7.45. The van der Waals surface area contributed by atoms with E-state index in [-0.39, 0.29) is 5.97 Å². The number of esters is 1. The van der Waals surface area contributed by atoms with Crippen molar-refractivity contribution in [2.45, 2.75) is 58.5 Å². The summed E-state index contributed by atoms with van der Waals surface area (Å²) in [4.78, 5) is 19.4. The molecule has 0 bridgehead atoms. The van der Waals surface area contributed by atoms with E-state index in [2.05, 4.69) is 29.2 Å². The molecule has 0 radical (unpaired) electrons. The molecule has 204 valence electrons. The van der Waals surface area contributed by atoms with Crippen LogP contribution >= 0.6 is 0 Å². The van der Waals surface area contributed by atoms with Gasteiger partial charge in [0.15, 0.2) is 11.5 Å². The van der Waals surface area contributed by atoms with E-state index in [0.717, 1.165) is 52.8 Å². The van der Waals surface area contributed by atoms with E-state index in [1.807, 2.05) is 67.8 Å². The molecule has 3 heterocycles. The van der Waals surface area contributed by atoms with E-state index in [9.17, 15) is 4.79 Å². The molecule has 39 heavy (non-hydrogen) atoms. The first-order valence-electron chi connectivity index (χ1n) is 13.9. The maximum atomic E-state index is 12.2. The minimum atomic E-state index is -0.470. The van der Waals surface area contributed by atoms with Gasteiger partial charge in [0, 0.05) is 24.9 Å². The quantitative estimate of drug-likeness (QED) is 0.246. The highest BCUT2D eigenvalue weighted by Crippen LogP contribution is 2.23. The summed E-state index contributed by atoms with van der Waals surface area (Å²) in [7, 11) is 0. The van der Waals surface area contributed by atoms with Gasteiger partial charge in [0.1, 0.15) is 18.0 Å². The highest BCUT2D eigenvalue weighted by Gasteiger charge is 2.16. The summed E-state index contributed by atoms with van der Waals surface area (Å²) in [6.45, 7) is 9.75. The molecule has 1 aliphatic heterocycles. The van der Waals surface area contributed by atoms with Gasteiger partial charge in [-0.05, 0) is 94.6 Å². The predicted molar refractivity (Wildman–Crippen MR) is 153 cm³/mol. The fraction of sp³-hybridized carbons (Fsp3) is 0.406. The van der Waals surface area contributed by atoms with Gasteiger partial charge in [-0.15, -0.1) is 0 Å². The smallest absolute Gasteiger partial charge is 0.306 e. The van der Waals surface area contributed by atoms with Crippen LogP contribution in [0, 0.1) is 0 Å². The lowest BCUT2D eigenvalue weighted by Gasteiger charge is -2.19. The van der Waals surface area contributed by atoms with E-state index >= 15 is 0 Å². The van der Waals surface area contributed by atoms with E-state index in [1.165, 1.54) is 25.9 Å². The molecule has 7 nitrogen and oxygen atoms in total. The number of aromatic nitrogens is 3. The molecule has 5 rings (SSSR count). The predicted octanol–water partition coefficient (Wildman–Crippen LogP) is 5.74. The second kappa shape index (κ2) is 12.0. The maximum absolute atomic E-state index is 12.2. The van der Waals surface area contributed by atoms with Crippen LogP contribution in [0.25, 0.3) is 16.9 Å². The lowest BCUT2D eigenvalue weighted by Crippen LogP contribution is -2.25. The summed E-state index contributed by atoms with van der Waals surface area (Å²) >= 11 is 0. The number of pyridine rings is 1. The average Bonchev–Trinajstić information content (AvgIpc) is 3.57. The van der Waals surface area contributed by atoms with Crippen LogP contribution in [-0.4, -0.2) is 57.3 Å². The zero-order chi connectivity index (χ0) is 27.2. The van der Waals surface area contributed by atoms with Gasteiger partial charge in [0.2, 0.25) is 0 Å². The molecular weight excluding hydrogens is 488 g/mol. The summed E-state index contributed by atoms with van der Waals surface area (Å²) in [6, 6.07) is 22.5. The zero-order valence-corrected chi connectivity index (χ0v) is 23.2. The Hall–Kier alpha value is -3.71. The van der Waals surface area contributed by atoms with Crippen molar-refractivity contribution in [3.8, 4) is 17.0 Å². The van der Waals surface area contributed by atoms with Crippen LogP contribution in [-0.2, 0) is 22.4 Å². The maximum Gasteiger partial charge on any atom is 0.306 e. The summed E-state index contributed by atoms with van der Waals surface area (Å²) < 4.78 is 13.3. The highest BCUT2D eigenvalue weighted by molar-refractivity contribution is 5.70. The van der Waals surface area contributed by atoms with Crippen LogP contribution in [0.1, 0.15) is 57.0 Å². The van der Waals surface area contributed by atoms with Gasteiger partial charge in [-0.3, -0.25) is 9.69 Å². The third-order valence-corrected chi connectivity index (χ3v) is 6.82. The summed E-state index contributed by atoms with van der Waals surface area (Å²) in [5.41, 5.74) is 4.56. The third-order valence-electron chi connectivity index (χ3n) is 6.82. The van der Waals surface area contributed by atoms with Crippen LogP contribution in [0.2, 0.25) is 0 Å². The van der Waals surface area contributed by atoms with Gasteiger partial charge in [-0.25, -0.2) is 9.50 Å². The SMILES string of the molecule is CC(C)(C)OC(=O)CCc1cccc(-c2cccc3nc(Cc4ccc(OCCN5CCCC5)cc4)nn23)c1. The van der Waals surface area contributed by atoms with Gasteiger partial charge >= 0.3 is 5.97 Å². The van der Waals surface area contributed by atoms with Crippen molar-refractivity contribution in [3.63, 3.8) is 0 Å². The zero-order valence-electron chi connectivity index (χ0n) is 23.2. The number of benzene rings is 2. The van der Waals surface area contributed by atoms with Crippen LogP contribution in [0.4, 0.5) is 0 Å². The number of rotatable bonds is 10. The molecule has 4 aromatic rings. The molecule has 0 unspecified atom stereocenters. The molecule has 1 fully saturated rings. The largest absolute Gasteiger partial charge is 0.492 e. The van der Waals surface area contributed by atoms with Crippen molar-refractivity contribution in [1.82, 2.24) is 19.5 Å². The first kappa shape index (κ1) is 26.9. The minimum absolute atomic E-state index is 0.183. The molecule has 0 N–H and O–H groups in total. The second-order valence-electron chi connectivity index (χ2n) is 11.2. The summed E-state index contributed by atoms with van der Waals surface area (Å²) in [5, 5.41) is 4.84. The molecule has 0 spiro atoms. The Labute approximate surface area is 230 Å². The topological polar surface area (TPSA) is 69.0 Å². The number of carbonyl (C=O) groups excluding carboxylic acids is 1. The Morgan fingerprint density at radius 2 is 1.72 bits per heavy atom. The number of carbonyl (C=O) groups is 1. The lowest BCUT2D eigenvalue weighted by atomic mass is 10.0. The van der Waals surface area contributed by atoms with Gasteiger partial charge in [0.25, 0.3) is 0 Å². The molecule has 0 aliphatic carbocycles. The van der Waals surface area contributed by atoms with Crippen LogP contribution in [0.15, 0.2) is 66.7 Å². The molecule has 0 amide bonds. The second-order valence-corrected chi connectivity index (χ2v) is 11.2. The fourth-order valence-corrected chi connectivity index (χ4v) is 4.95. The Morgan fingerprint density at radius 3 is 2.49 bits per heavy atom. The van der Waals surface area contributed by atoms with E-state index in [4.69, 9.17) is 19.6 Å². The van der Waals surface area contributed by atoms with Crippen molar-refractivity contribution in [3.05, 3.63) is 83.7 Å². The van der Waals surface area contributed by atoms with Crippen molar-refractivity contribution >= 4 is 11.6 Å². The monoisotopic (exact) mass is 526 g/mol. The highest BCUT2D eigenvalue weighted by atomic mass is 16.6. The van der Waals surface area contributed by atoms with Crippen molar-refractivity contribution in [2.24, 2.45) is 0 Å². The Morgan fingerprint density at radius 1 is 0.949 bits per heavy atom. The van der Waals surface area contributed by atoms with E-state index in [1.54, 1.807) is 0 Å². The summed E-state index contributed by atoms with van der Waals surface area (Å²) in [6.07, 6.45) is 4.22. The van der Waals surface area contributed by atoms with Gasteiger partial charge in [0.05, 0.1) is 5.69 Å². The fourth-order valence-electron chi connectivity index (χ4n) is 4.95. The number of likely N-dealkylation sites (tertiary alicyclic amines) is 1. The number of fused-ring (bicyclic) bond motifs is 1. The molecule has 2 aromatic heterocycles. The molecule has 1 aliphatic rings. The lowest BCUT2D eigenvalue weighted by molar-refractivity contribution is -0.154. The van der Waals surface area contributed by atoms with Crippen LogP contribution in [0.3, 0.4) is 0 Å². The molecular formula is C32H38N4O3. The Bertz CT molecular complexity index is 1400. The normalized spacial score (nSPS) is 14.1. The van der Waals surface area contributed by atoms with Crippen molar-refractivity contribution < 1.29 is 14.3 Å². The van der Waals surface area contributed by atoms with E-state index < -0.39 is 5.60 Å². The first-order valence-corrected chi connectivity index (χ1v) is 13.9. The van der Waals surface area contributed by atoms with E-state index in [0.29, 0.717) is 19.3 Å².